The number of rotatable bonds is 3. The maximum Gasteiger partial charge on any atom is 0.406 e. The summed E-state index contributed by atoms with van der Waals surface area (Å²) in [5.74, 6) is -1.94. The van der Waals surface area contributed by atoms with E-state index >= 15 is 0 Å². The Bertz CT molecular complexity index is 564. The Balaban J connectivity index is 2.24. The molecular weight excluding hydrogens is 281 g/mol. The van der Waals surface area contributed by atoms with Gasteiger partial charge in [-0.1, -0.05) is 12.1 Å². The summed E-state index contributed by atoms with van der Waals surface area (Å²) in [7, 11) is -4.65. The predicted octanol–water partition coefficient (Wildman–Crippen LogP) is 2.84. The van der Waals surface area contributed by atoms with Gasteiger partial charge in [0.2, 0.25) is 0 Å². The summed E-state index contributed by atoms with van der Waals surface area (Å²) in [5, 5.41) is 0. The van der Waals surface area contributed by atoms with E-state index in [0.717, 1.165) is 24.8 Å². The Labute approximate surface area is 109 Å². The lowest BCUT2D eigenvalue weighted by Crippen LogP contribution is -2.26. The summed E-state index contributed by atoms with van der Waals surface area (Å²) >= 11 is 0. The number of halogens is 3. The molecule has 0 bridgehead atoms. The lowest BCUT2D eigenvalue weighted by atomic mass is 9.91. The van der Waals surface area contributed by atoms with Crippen molar-refractivity contribution in [1.29, 1.82) is 0 Å². The number of aryl methyl sites for hydroxylation is 1. The number of benzene rings is 1. The third kappa shape index (κ3) is 3.86. The molecule has 0 saturated heterocycles. The van der Waals surface area contributed by atoms with Gasteiger partial charge in [-0.25, -0.2) is 0 Å². The quantitative estimate of drug-likeness (QED) is 0.805. The SMILES string of the molecule is O=S(=O)(CC(F)(F)F)Oc1cccc2c1CCCC2. The van der Waals surface area contributed by atoms with Gasteiger partial charge in [-0.3, -0.25) is 0 Å². The Hall–Kier alpha value is -1.24. The standard InChI is InChI=1S/C12H13F3O3S/c13-12(14,15)8-19(16,17)18-11-7-3-5-9-4-1-2-6-10(9)11/h3,5,7H,1-2,4,6,8H2. The van der Waals surface area contributed by atoms with Crippen LogP contribution in [0.4, 0.5) is 13.2 Å². The van der Waals surface area contributed by atoms with Crippen LogP contribution in [-0.4, -0.2) is 20.3 Å². The smallest absolute Gasteiger partial charge is 0.382 e. The highest BCUT2D eigenvalue weighted by Gasteiger charge is 2.37. The zero-order valence-corrected chi connectivity index (χ0v) is 10.9. The van der Waals surface area contributed by atoms with Crippen molar-refractivity contribution in [1.82, 2.24) is 0 Å². The van der Waals surface area contributed by atoms with Gasteiger partial charge in [-0.15, -0.1) is 0 Å². The van der Waals surface area contributed by atoms with Gasteiger partial charge >= 0.3 is 16.3 Å². The van der Waals surface area contributed by atoms with Gasteiger partial charge in [0, 0.05) is 0 Å². The van der Waals surface area contributed by atoms with Gasteiger partial charge in [0.05, 0.1) is 0 Å². The molecule has 106 valence electrons. The van der Waals surface area contributed by atoms with Crippen molar-refractivity contribution in [3.8, 4) is 5.75 Å². The van der Waals surface area contributed by atoms with Crippen molar-refractivity contribution in [2.24, 2.45) is 0 Å². The van der Waals surface area contributed by atoms with Gasteiger partial charge in [-0.05, 0) is 42.9 Å². The fourth-order valence-corrected chi connectivity index (χ4v) is 3.08. The molecule has 0 unspecified atom stereocenters. The zero-order valence-electron chi connectivity index (χ0n) is 10.0. The molecule has 0 spiro atoms. The number of hydrogen-bond donors (Lipinski definition) is 0. The molecule has 0 fully saturated rings. The van der Waals surface area contributed by atoms with Crippen molar-refractivity contribution in [2.75, 3.05) is 5.75 Å². The topological polar surface area (TPSA) is 43.4 Å². The second-order valence-electron chi connectivity index (χ2n) is 4.50. The highest BCUT2D eigenvalue weighted by molar-refractivity contribution is 7.87. The number of hydrogen-bond acceptors (Lipinski definition) is 3. The third-order valence-electron chi connectivity index (χ3n) is 2.91. The van der Waals surface area contributed by atoms with Crippen LogP contribution in [0.15, 0.2) is 18.2 Å². The maximum atomic E-state index is 12.1. The van der Waals surface area contributed by atoms with E-state index in [2.05, 4.69) is 4.18 Å². The van der Waals surface area contributed by atoms with E-state index in [9.17, 15) is 21.6 Å². The van der Waals surface area contributed by atoms with Crippen molar-refractivity contribution in [2.45, 2.75) is 31.9 Å². The van der Waals surface area contributed by atoms with Gasteiger partial charge in [0.25, 0.3) is 0 Å². The first kappa shape index (κ1) is 14.2. The van der Waals surface area contributed by atoms with E-state index < -0.39 is 22.0 Å². The highest BCUT2D eigenvalue weighted by atomic mass is 32.2. The van der Waals surface area contributed by atoms with E-state index in [-0.39, 0.29) is 5.75 Å². The molecule has 0 radical (unpaired) electrons. The van der Waals surface area contributed by atoms with Crippen molar-refractivity contribution in [3.05, 3.63) is 29.3 Å². The molecule has 0 amide bonds. The van der Waals surface area contributed by atoms with E-state index in [0.29, 0.717) is 12.0 Å². The van der Waals surface area contributed by atoms with Crippen LogP contribution in [-0.2, 0) is 23.0 Å². The Morgan fingerprint density at radius 1 is 1.16 bits per heavy atom. The van der Waals surface area contributed by atoms with E-state index in [4.69, 9.17) is 0 Å². The van der Waals surface area contributed by atoms with Crippen LogP contribution in [0.3, 0.4) is 0 Å². The minimum atomic E-state index is -4.80. The maximum absolute atomic E-state index is 12.1. The summed E-state index contributed by atoms with van der Waals surface area (Å²) in [4.78, 5) is 0. The minimum Gasteiger partial charge on any atom is -0.382 e. The van der Waals surface area contributed by atoms with Crippen molar-refractivity contribution in [3.63, 3.8) is 0 Å². The summed E-state index contributed by atoms with van der Waals surface area (Å²) in [6.07, 6.45) is -1.50. The first-order valence-corrected chi connectivity index (χ1v) is 7.44. The summed E-state index contributed by atoms with van der Waals surface area (Å²) < 4.78 is 63.7. The van der Waals surface area contributed by atoms with Crippen LogP contribution in [0.1, 0.15) is 24.0 Å². The second kappa shape index (κ2) is 5.03. The Morgan fingerprint density at radius 3 is 2.53 bits per heavy atom. The van der Waals surface area contributed by atoms with Gasteiger partial charge < -0.3 is 4.18 Å². The van der Waals surface area contributed by atoms with E-state index in [1.807, 2.05) is 6.07 Å². The molecule has 0 atom stereocenters. The van der Waals surface area contributed by atoms with Gasteiger partial charge in [0.15, 0.2) is 5.75 Å². The molecule has 7 heteroatoms. The highest BCUT2D eigenvalue weighted by Crippen LogP contribution is 2.31. The Kier molecular flexibility index (Phi) is 3.75. The molecule has 1 aromatic rings. The fourth-order valence-electron chi connectivity index (χ4n) is 2.19. The molecule has 2 rings (SSSR count). The second-order valence-corrected chi connectivity index (χ2v) is 6.07. The van der Waals surface area contributed by atoms with Gasteiger partial charge in [-0.2, -0.15) is 21.6 Å². The monoisotopic (exact) mass is 294 g/mol. The molecule has 3 nitrogen and oxygen atoms in total. The number of fused-ring (bicyclic) bond motifs is 1. The summed E-state index contributed by atoms with van der Waals surface area (Å²) in [5.41, 5.74) is 1.66. The zero-order chi connectivity index (χ0) is 14.1. The predicted molar refractivity (Wildman–Crippen MR) is 63.6 cm³/mol. The summed E-state index contributed by atoms with van der Waals surface area (Å²) in [6.45, 7) is 0. The van der Waals surface area contributed by atoms with Crippen LogP contribution < -0.4 is 4.18 Å². The molecule has 0 aliphatic heterocycles. The van der Waals surface area contributed by atoms with Crippen LogP contribution >= 0.6 is 0 Å². The molecule has 1 aliphatic rings. The van der Waals surface area contributed by atoms with Crippen molar-refractivity contribution < 1.29 is 25.8 Å². The molecule has 0 aromatic heterocycles. The average molecular weight is 294 g/mol. The Morgan fingerprint density at radius 2 is 1.84 bits per heavy atom. The van der Waals surface area contributed by atoms with E-state index in [1.165, 1.54) is 6.07 Å². The fraction of sp³-hybridized carbons (Fsp3) is 0.500. The third-order valence-corrected chi connectivity index (χ3v) is 4.02. The largest absolute Gasteiger partial charge is 0.406 e. The van der Waals surface area contributed by atoms with Crippen LogP contribution in [0, 0.1) is 0 Å². The van der Waals surface area contributed by atoms with Crippen molar-refractivity contribution >= 4 is 10.1 Å². The molecule has 0 N–H and O–H groups in total. The van der Waals surface area contributed by atoms with Gasteiger partial charge in [0.1, 0.15) is 5.75 Å². The van der Waals surface area contributed by atoms with E-state index in [1.54, 1.807) is 6.07 Å². The van der Waals surface area contributed by atoms with Crippen LogP contribution in [0.2, 0.25) is 0 Å². The summed E-state index contributed by atoms with van der Waals surface area (Å²) in [6, 6.07) is 4.85. The molecule has 0 heterocycles. The van der Waals surface area contributed by atoms with Crippen LogP contribution in [0.25, 0.3) is 0 Å². The number of alkyl halides is 3. The lowest BCUT2D eigenvalue weighted by Gasteiger charge is -2.19. The molecule has 1 aliphatic carbocycles. The first-order chi connectivity index (χ1) is 8.77. The average Bonchev–Trinajstić information content (AvgIpc) is 2.25. The van der Waals surface area contributed by atoms with Crippen LogP contribution in [0.5, 0.6) is 5.75 Å². The molecule has 1 aromatic carbocycles. The molecular formula is C12H13F3O3S. The first-order valence-electron chi connectivity index (χ1n) is 5.86. The lowest BCUT2D eigenvalue weighted by molar-refractivity contribution is -0.107. The minimum absolute atomic E-state index is 0.0291. The molecule has 19 heavy (non-hydrogen) atoms. The molecule has 0 saturated carbocycles. The normalized spacial score (nSPS) is 15.9.